The van der Waals surface area contributed by atoms with Gasteiger partial charge in [-0.1, -0.05) is 81.6 Å². The SMILES string of the molecule is Clc1ccc(CC(Br)c2ccc(Cl)c3ccccc23)cc1. The summed E-state index contributed by atoms with van der Waals surface area (Å²) in [4.78, 5) is 0.237. The van der Waals surface area contributed by atoms with Gasteiger partial charge >= 0.3 is 0 Å². The molecular weight excluding hydrogens is 367 g/mol. The molecule has 0 aromatic heterocycles. The molecule has 0 saturated carbocycles. The van der Waals surface area contributed by atoms with E-state index in [2.05, 4.69) is 46.3 Å². The van der Waals surface area contributed by atoms with Gasteiger partial charge in [-0.2, -0.15) is 0 Å². The van der Waals surface area contributed by atoms with Gasteiger partial charge < -0.3 is 0 Å². The monoisotopic (exact) mass is 378 g/mol. The van der Waals surface area contributed by atoms with E-state index in [1.165, 1.54) is 16.5 Å². The summed E-state index contributed by atoms with van der Waals surface area (Å²) in [6.45, 7) is 0. The van der Waals surface area contributed by atoms with E-state index in [9.17, 15) is 0 Å². The molecule has 0 bridgehead atoms. The van der Waals surface area contributed by atoms with Crippen LogP contribution in [0.2, 0.25) is 10.0 Å². The first-order valence-corrected chi connectivity index (χ1v) is 8.38. The molecule has 0 heterocycles. The van der Waals surface area contributed by atoms with Crippen molar-refractivity contribution in [2.24, 2.45) is 0 Å². The fourth-order valence-corrected chi connectivity index (χ4v) is 3.62. The number of alkyl halides is 1. The summed E-state index contributed by atoms with van der Waals surface area (Å²) in [5.74, 6) is 0. The standard InChI is InChI=1S/C18H13BrCl2/c19-17(11-12-5-7-13(20)8-6-12)15-9-10-18(21)16-4-2-1-3-14(15)16/h1-10,17H,11H2. The summed E-state index contributed by atoms with van der Waals surface area (Å²) in [6.07, 6.45) is 0.906. The summed E-state index contributed by atoms with van der Waals surface area (Å²) in [7, 11) is 0. The second-order valence-electron chi connectivity index (χ2n) is 4.98. The smallest absolute Gasteiger partial charge is 0.0484 e. The quantitative estimate of drug-likeness (QED) is 0.437. The van der Waals surface area contributed by atoms with E-state index >= 15 is 0 Å². The van der Waals surface area contributed by atoms with Crippen molar-refractivity contribution < 1.29 is 0 Å². The number of hydrogen-bond donors (Lipinski definition) is 0. The van der Waals surface area contributed by atoms with E-state index in [0.29, 0.717) is 0 Å². The van der Waals surface area contributed by atoms with Crippen molar-refractivity contribution in [3.63, 3.8) is 0 Å². The average Bonchev–Trinajstić information content (AvgIpc) is 2.50. The van der Waals surface area contributed by atoms with Crippen molar-refractivity contribution in [2.75, 3.05) is 0 Å². The Labute approximate surface area is 142 Å². The van der Waals surface area contributed by atoms with Crippen LogP contribution in [-0.4, -0.2) is 0 Å². The van der Waals surface area contributed by atoms with Crippen LogP contribution in [0, 0.1) is 0 Å². The number of halogens is 3. The molecule has 0 N–H and O–H groups in total. The lowest BCUT2D eigenvalue weighted by atomic mass is 9.98. The fourth-order valence-electron chi connectivity index (χ4n) is 2.50. The first-order valence-electron chi connectivity index (χ1n) is 6.71. The third-order valence-corrected chi connectivity index (χ3v) is 4.97. The molecule has 3 heteroatoms. The minimum absolute atomic E-state index is 0.237. The maximum atomic E-state index is 6.28. The minimum atomic E-state index is 0.237. The third kappa shape index (κ3) is 3.26. The molecular formula is C18H13BrCl2. The zero-order chi connectivity index (χ0) is 14.8. The zero-order valence-electron chi connectivity index (χ0n) is 11.2. The zero-order valence-corrected chi connectivity index (χ0v) is 14.3. The van der Waals surface area contributed by atoms with Crippen molar-refractivity contribution in [3.05, 3.63) is 81.8 Å². The molecule has 3 aromatic rings. The summed E-state index contributed by atoms with van der Waals surface area (Å²) < 4.78 is 0. The highest BCUT2D eigenvalue weighted by atomic mass is 79.9. The van der Waals surface area contributed by atoms with Crippen LogP contribution in [0.5, 0.6) is 0 Å². The van der Waals surface area contributed by atoms with E-state index in [1.54, 1.807) is 0 Å². The number of fused-ring (bicyclic) bond motifs is 1. The van der Waals surface area contributed by atoms with Gasteiger partial charge in [-0.25, -0.2) is 0 Å². The molecule has 0 saturated heterocycles. The van der Waals surface area contributed by atoms with Crippen LogP contribution in [-0.2, 0) is 6.42 Å². The van der Waals surface area contributed by atoms with Crippen molar-refractivity contribution in [2.45, 2.75) is 11.2 Å². The first-order chi connectivity index (χ1) is 10.1. The van der Waals surface area contributed by atoms with Gasteiger partial charge in [-0.05, 0) is 41.1 Å². The van der Waals surface area contributed by atoms with Crippen LogP contribution in [0.1, 0.15) is 16.0 Å². The topological polar surface area (TPSA) is 0 Å². The summed E-state index contributed by atoms with van der Waals surface area (Å²) >= 11 is 16.0. The van der Waals surface area contributed by atoms with Crippen molar-refractivity contribution in [1.82, 2.24) is 0 Å². The van der Waals surface area contributed by atoms with Gasteiger partial charge in [-0.3, -0.25) is 0 Å². The Bertz CT molecular complexity index is 766. The van der Waals surface area contributed by atoms with Crippen molar-refractivity contribution >= 4 is 49.9 Å². The molecule has 0 nitrogen and oxygen atoms in total. The maximum absolute atomic E-state index is 6.28. The molecule has 106 valence electrons. The number of benzene rings is 3. The number of rotatable bonds is 3. The van der Waals surface area contributed by atoms with Crippen LogP contribution in [0.15, 0.2) is 60.7 Å². The highest BCUT2D eigenvalue weighted by Crippen LogP contribution is 2.35. The minimum Gasteiger partial charge on any atom is -0.0843 e. The lowest BCUT2D eigenvalue weighted by Gasteiger charge is -2.14. The molecule has 3 rings (SSSR count). The molecule has 0 fully saturated rings. The highest BCUT2D eigenvalue weighted by Gasteiger charge is 2.13. The molecule has 1 unspecified atom stereocenters. The largest absolute Gasteiger partial charge is 0.0843 e. The average molecular weight is 380 g/mol. The van der Waals surface area contributed by atoms with Gasteiger partial charge in [-0.15, -0.1) is 0 Å². The second-order valence-corrected chi connectivity index (χ2v) is 6.93. The lowest BCUT2D eigenvalue weighted by molar-refractivity contribution is 0.958. The molecule has 3 aromatic carbocycles. The van der Waals surface area contributed by atoms with Gasteiger partial charge in [0.25, 0.3) is 0 Å². The second kappa shape index (κ2) is 6.39. The molecule has 0 radical (unpaired) electrons. The van der Waals surface area contributed by atoms with Gasteiger partial charge in [0.05, 0.1) is 0 Å². The Morgan fingerprint density at radius 3 is 2.19 bits per heavy atom. The summed E-state index contributed by atoms with van der Waals surface area (Å²) in [6, 6.07) is 20.3. The molecule has 0 aliphatic rings. The van der Waals surface area contributed by atoms with Crippen molar-refractivity contribution in [3.8, 4) is 0 Å². The molecule has 21 heavy (non-hydrogen) atoms. The van der Waals surface area contributed by atoms with E-state index < -0.39 is 0 Å². The summed E-state index contributed by atoms with van der Waals surface area (Å²) in [5, 5.41) is 3.85. The van der Waals surface area contributed by atoms with E-state index in [4.69, 9.17) is 23.2 Å². The first kappa shape index (κ1) is 14.9. The predicted molar refractivity (Wildman–Crippen MR) is 95.8 cm³/mol. The molecule has 0 spiro atoms. The highest BCUT2D eigenvalue weighted by molar-refractivity contribution is 9.09. The van der Waals surface area contributed by atoms with Gasteiger partial charge in [0.1, 0.15) is 0 Å². The predicted octanol–water partition coefficient (Wildman–Crippen LogP) is 6.83. The van der Waals surface area contributed by atoms with Crippen LogP contribution in [0.25, 0.3) is 10.8 Å². The fraction of sp³-hybridized carbons (Fsp3) is 0.111. The van der Waals surface area contributed by atoms with Crippen LogP contribution in [0.4, 0.5) is 0 Å². The van der Waals surface area contributed by atoms with Gasteiger partial charge in [0, 0.05) is 20.3 Å². The lowest BCUT2D eigenvalue weighted by Crippen LogP contribution is -1.96. The summed E-state index contributed by atoms with van der Waals surface area (Å²) in [5.41, 5.74) is 2.50. The maximum Gasteiger partial charge on any atom is 0.0484 e. The Hall–Kier alpha value is -1.02. The Kier molecular flexibility index (Phi) is 4.54. The Morgan fingerprint density at radius 2 is 1.48 bits per heavy atom. The Morgan fingerprint density at radius 1 is 0.810 bits per heavy atom. The van der Waals surface area contributed by atoms with Crippen molar-refractivity contribution in [1.29, 1.82) is 0 Å². The van der Waals surface area contributed by atoms with Gasteiger partial charge in [0.15, 0.2) is 0 Å². The Balaban J connectivity index is 1.96. The van der Waals surface area contributed by atoms with E-state index in [-0.39, 0.29) is 4.83 Å². The number of hydrogen-bond acceptors (Lipinski definition) is 0. The van der Waals surface area contributed by atoms with E-state index in [1.807, 2.05) is 30.3 Å². The molecule has 1 atom stereocenters. The van der Waals surface area contributed by atoms with Gasteiger partial charge in [0.2, 0.25) is 0 Å². The third-order valence-electron chi connectivity index (χ3n) is 3.57. The molecule has 0 aliphatic heterocycles. The van der Waals surface area contributed by atoms with E-state index in [0.717, 1.165) is 21.9 Å². The molecule has 0 aliphatic carbocycles. The van der Waals surface area contributed by atoms with Crippen LogP contribution in [0.3, 0.4) is 0 Å². The normalized spacial score (nSPS) is 12.5. The van der Waals surface area contributed by atoms with Crippen LogP contribution < -0.4 is 0 Å². The van der Waals surface area contributed by atoms with Crippen LogP contribution >= 0.6 is 39.1 Å². The molecule has 0 amide bonds.